The lowest BCUT2D eigenvalue weighted by molar-refractivity contribution is -0.112. The summed E-state index contributed by atoms with van der Waals surface area (Å²) in [6, 6.07) is 19.6. The van der Waals surface area contributed by atoms with Crippen molar-refractivity contribution in [3.8, 4) is 6.07 Å². The first kappa shape index (κ1) is 22.8. The monoisotopic (exact) mass is 492 g/mol. The van der Waals surface area contributed by atoms with E-state index in [1.807, 2.05) is 31.2 Å². The van der Waals surface area contributed by atoms with E-state index < -0.39 is 5.91 Å². The van der Waals surface area contributed by atoms with Crippen molar-refractivity contribution in [1.29, 1.82) is 5.26 Å². The molecule has 0 saturated heterocycles. The maximum Gasteiger partial charge on any atom is 0.266 e. The van der Waals surface area contributed by atoms with Crippen LogP contribution in [-0.4, -0.2) is 5.91 Å². The number of nitriles is 1. The molecule has 0 fully saturated rings. The molecule has 0 aromatic heterocycles. The number of rotatable bonds is 5. The predicted octanol–water partition coefficient (Wildman–Crippen LogP) is 7.16. The number of anilines is 1. The van der Waals surface area contributed by atoms with Gasteiger partial charge in [-0.3, -0.25) is 4.79 Å². The molecule has 3 rings (SSSR count). The minimum Gasteiger partial charge on any atom is -0.321 e. The van der Waals surface area contributed by atoms with Crippen LogP contribution in [0.4, 0.5) is 5.69 Å². The highest BCUT2D eigenvalue weighted by Crippen LogP contribution is 2.25. The summed E-state index contributed by atoms with van der Waals surface area (Å²) in [6.45, 7) is 6.01. The largest absolute Gasteiger partial charge is 0.321 e. The van der Waals surface area contributed by atoms with Gasteiger partial charge in [0.2, 0.25) is 0 Å². The summed E-state index contributed by atoms with van der Waals surface area (Å²) < 4.78 is 0.934. The quantitative estimate of drug-likeness (QED) is 0.303. The fraction of sp³-hybridized carbons (Fsp3) is 0.154. The topological polar surface area (TPSA) is 52.9 Å². The molecule has 0 saturated carbocycles. The molecule has 0 aliphatic carbocycles. The molecule has 0 atom stereocenters. The van der Waals surface area contributed by atoms with E-state index in [2.05, 4.69) is 53.3 Å². The maximum atomic E-state index is 12.6. The van der Waals surface area contributed by atoms with E-state index in [1.54, 1.807) is 24.3 Å². The number of halogens is 2. The number of amides is 1. The minimum atomic E-state index is -0.469. The number of carbonyl (C=O) groups is 1. The molecule has 1 amide bonds. The van der Waals surface area contributed by atoms with Gasteiger partial charge in [0.05, 0.1) is 0 Å². The summed E-state index contributed by atoms with van der Waals surface area (Å²) in [5, 5.41) is 12.8. The van der Waals surface area contributed by atoms with Gasteiger partial charge in [-0.2, -0.15) is 5.26 Å². The molecule has 31 heavy (non-hydrogen) atoms. The highest BCUT2D eigenvalue weighted by molar-refractivity contribution is 9.10. The summed E-state index contributed by atoms with van der Waals surface area (Å²) >= 11 is 9.75. The minimum absolute atomic E-state index is 0.0216. The van der Waals surface area contributed by atoms with Crippen molar-refractivity contribution in [2.24, 2.45) is 0 Å². The van der Waals surface area contributed by atoms with Crippen molar-refractivity contribution in [3.05, 3.63) is 103 Å². The predicted molar refractivity (Wildman–Crippen MR) is 131 cm³/mol. The molecule has 1 N–H and O–H groups in total. The summed E-state index contributed by atoms with van der Waals surface area (Å²) in [5.41, 5.74) is 7.00. The molecule has 0 aliphatic heterocycles. The van der Waals surface area contributed by atoms with E-state index in [9.17, 15) is 10.1 Å². The smallest absolute Gasteiger partial charge is 0.266 e. The lowest BCUT2D eigenvalue weighted by Gasteiger charge is -2.10. The van der Waals surface area contributed by atoms with Gasteiger partial charge in [-0.1, -0.05) is 75.1 Å². The standard InChI is InChI=1S/C26H22BrClN2O/c1-16-9-17(2)11-20(10-16)13-21-8-7-19(14-23(21)27)12-22(15-29)26(31)30-25-6-4-5-24(28)18(25)3/h4-12,14H,13H2,1-3H3,(H,30,31)/b22-12+. The fourth-order valence-electron chi connectivity index (χ4n) is 3.44. The van der Waals surface area contributed by atoms with E-state index in [1.165, 1.54) is 16.7 Å². The first-order valence-electron chi connectivity index (χ1n) is 9.80. The Labute approximate surface area is 196 Å². The molecule has 3 aromatic carbocycles. The maximum absolute atomic E-state index is 12.6. The van der Waals surface area contributed by atoms with Crippen LogP contribution in [-0.2, 0) is 11.2 Å². The first-order valence-corrected chi connectivity index (χ1v) is 11.0. The molecule has 0 spiro atoms. The Morgan fingerprint density at radius 2 is 1.81 bits per heavy atom. The molecule has 0 unspecified atom stereocenters. The van der Waals surface area contributed by atoms with Gasteiger partial charge in [0.25, 0.3) is 5.91 Å². The third kappa shape index (κ3) is 5.85. The lowest BCUT2D eigenvalue weighted by Crippen LogP contribution is -2.14. The number of nitrogens with zero attached hydrogens (tertiary/aromatic N) is 1. The van der Waals surface area contributed by atoms with E-state index in [-0.39, 0.29) is 5.57 Å². The van der Waals surface area contributed by atoms with Crippen LogP contribution in [0.2, 0.25) is 5.02 Å². The number of hydrogen-bond donors (Lipinski definition) is 1. The molecule has 156 valence electrons. The molecule has 3 aromatic rings. The van der Waals surface area contributed by atoms with E-state index in [4.69, 9.17) is 11.6 Å². The van der Waals surface area contributed by atoms with Gasteiger partial charge in [0.15, 0.2) is 0 Å². The second kappa shape index (κ2) is 9.96. The Morgan fingerprint density at radius 3 is 2.45 bits per heavy atom. The van der Waals surface area contributed by atoms with Crippen LogP contribution < -0.4 is 5.32 Å². The molecule has 3 nitrogen and oxygen atoms in total. The lowest BCUT2D eigenvalue weighted by atomic mass is 9.99. The van der Waals surface area contributed by atoms with Crippen LogP contribution in [0.1, 0.15) is 33.4 Å². The summed E-state index contributed by atoms with van der Waals surface area (Å²) in [5.74, 6) is -0.469. The first-order chi connectivity index (χ1) is 14.8. The van der Waals surface area contributed by atoms with Gasteiger partial charge in [0, 0.05) is 15.2 Å². The molecule has 0 radical (unpaired) electrons. The van der Waals surface area contributed by atoms with Gasteiger partial charge >= 0.3 is 0 Å². The van der Waals surface area contributed by atoms with Crippen molar-refractivity contribution in [2.75, 3.05) is 5.32 Å². The van der Waals surface area contributed by atoms with Crippen molar-refractivity contribution in [2.45, 2.75) is 27.2 Å². The number of nitrogens with one attached hydrogen (secondary N) is 1. The molecular weight excluding hydrogens is 472 g/mol. The Hall–Kier alpha value is -2.87. The van der Waals surface area contributed by atoms with Crippen molar-refractivity contribution >= 4 is 45.2 Å². The number of aryl methyl sites for hydroxylation is 2. The average Bonchev–Trinajstić information content (AvgIpc) is 2.70. The van der Waals surface area contributed by atoms with Crippen molar-refractivity contribution in [1.82, 2.24) is 0 Å². The Bertz CT molecular complexity index is 1200. The Kier molecular flexibility index (Phi) is 7.33. The van der Waals surface area contributed by atoms with Crippen molar-refractivity contribution < 1.29 is 4.79 Å². The summed E-state index contributed by atoms with van der Waals surface area (Å²) in [6.07, 6.45) is 2.38. The highest BCUT2D eigenvalue weighted by atomic mass is 79.9. The van der Waals surface area contributed by atoms with Crippen molar-refractivity contribution in [3.63, 3.8) is 0 Å². The van der Waals surface area contributed by atoms with E-state index in [0.29, 0.717) is 10.7 Å². The zero-order valence-corrected chi connectivity index (χ0v) is 19.9. The third-order valence-electron chi connectivity index (χ3n) is 4.95. The molecule has 5 heteroatoms. The molecule has 0 aliphatic rings. The average molecular weight is 494 g/mol. The van der Waals surface area contributed by atoms with Crippen LogP contribution in [0.5, 0.6) is 0 Å². The molecule has 0 heterocycles. The summed E-state index contributed by atoms with van der Waals surface area (Å²) in [7, 11) is 0. The SMILES string of the molecule is Cc1cc(C)cc(Cc2ccc(/C=C(\C#N)C(=O)Nc3cccc(Cl)c3C)cc2Br)c1. The van der Waals surface area contributed by atoms with Gasteiger partial charge in [-0.25, -0.2) is 0 Å². The molecule has 0 bridgehead atoms. The summed E-state index contributed by atoms with van der Waals surface area (Å²) in [4.78, 5) is 12.6. The normalized spacial score (nSPS) is 11.2. The zero-order valence-electron chi connectivity index (χ0n) is 17.6. The van der Waals surface area contributed by atoms with Crippen LogP contribution in [0.15, 0.2) is 64.6 Å². The van der Waals surface area contributed by atoms with Crippen LogP contribution >= 0.6 is 27.5 Å². The highest BCUT2D eigenvalue weighted by Gasteiger charge is 2.12. The zero-order chi connectivity index (χ0) is 22.5. The fourth-order valence-corrected chi connectivity index (χ4v) is 4.15. The second-order valence-corrected chi connectivity index (χ2v) is 8.82. The van der Waals surface area contributed by atoms with Gasteiger partial charge in [0.1, 0.15) is 11.6 Å². The number of hydrogen-bond acceptors (Lipinski definition) is 2. The van der Waals surface area contributed by atoms with E-state index >= 15 is 0 Å². The molecular formula is C26H22BrClN2O. The van der Waals surface area contributed by atoms with Gasteiger partial charge in [-0.15, -0.1) is 0 Å². The third-order valence-corrected chi connectivity index (χ3v) is 6.09. The van der Waals surface area contributed by atoms with E-state index in [0.717, 1.165) is 27.6 Å². The van der Waals surface area contributed by atoms with Crippen LogP contribution in [0, 0.1) is 32.1 Å². The Morgan fingerprint density at radius 1 is 1.10 bits per heavy atom. The van der Waals surface area contributed by atoms with Crippen LogP contribution in [0.3, 0.4) is 0 Å². The number of carbonyl (C=O) groups excluding carboxylic acids is 1. The Balaban J connectivity index is 1.81. The number of benzene rings is 3. The van der Waals surface area contributed by atoms with Crippen LogP contribution in [0.25, 0.3) is 6.08 Å². The van der Waals surface area contributed by atoms with Gasteiger partial charge in [-0.05, 0) is 73.7 Å². The van der Waals surface area contributed by atoms with Gasteiger partial charge < -0.3 is 5.32 Å². The second-order valence-electron chi connectivity index (χ2n) is 7.56.